The van der Waals surface area contributed by atoms with Gasteiger partial charge in [-0.05, 0) is 35.7 Å². The van der Waals surface area contributed by atoms with Crippen molar-refractivity contribution in [1.82, 2.24) is 10.4 Å². The fourth-order valence-electron chi connectivity index (χ4n) is 4.10. The summed E-state index contributed by atoms with van der Waals surface area (Å²) in [4.78, 5) is 12.4. The Morgan fingerprint density at radius 1 is 1.62 bits per heavy atom. The number of hydrogen-bond acceptors (Lipinski definition) is 4. The summed E-state index contributed by atoms with van der Waals surface area (Å²) in [5.74, 6) is 0.491. The number of nitrogens with zero attached hydrogens (tertiary/aromatic N) is 1. The minimum atomic E-state index is -1.10. The highest BCUT2D eigenvalue weighted by Gasteiger charge is 2.57. The molecule has 0 radical (unpaired) electrons. The average Bonchev–Trinajstić information content (AvgIpc) is 2.97. The molecule has 4 nitrogen and oxygen atoms in total. The second kappa shape index (κ2) is 4.35. The van der Waals surface area contributed by atoms with Crippen LogP contribution in [0, 0.1) is 5.92 Å². The van der Waals surface area contributed by atoms with Crippen LogP contribution < -0.4 is 5.43 Å². The summed E-state index contributed by atoms with van der Waals surface area (Å²) in [6.45, 7) is 0. The molecule has 0 amide bonds. The molecule has 4 aliphatic rings. The molecule has 0 spiro atoms. The van der Waals surface area contributed by atoms with Gasteiger partial charge in [-0.1, -0.05) is 18.2 Å². The van der Waals surface area contributed by atoms with E-state index < -0.39 is 11.2 Å². The summed E-state index contributed by atoms with van der Waals surface area (Å²) in [5.41, 5.74) is 7.57. The number of nitrogens with one attached hydrogen (secondary N) is 1. The van der Waals surface area contributed by atoms with Gasteiger partial charge in [-0.15, -0.1) is 0 Å². The topological polar surface area (TPSA) is 55.4 Å². The first kappa shape index (κ1) is 13.4. The molecule has 1 heterocycles. The lowest BCUT2D eigenvalue weighted by Gasteiger charge is -2.37. The number of fused-ring (bicyclic) bond motifs is 1. The molecule has 1 N–H and O–H groups in total. The van der Waals surface area contributed by atoms with E-state index in [0.717, 1.165) is 24.1 Å². The number of carbonyl (C=O) groups is 1. The molecule has 5 heteroatoms. The van der Waals surface area contributed by atoms with Crippen molar-refractivity contribution in [2.45, 2.75) is 18.4 Å². The van der Waals surface area contributed by atoms with Crippen LogP contribution in [0.3, 0.4) is 0 Å². The third kappa shape index (κ3) is 1.68. The second-order valence-electron chi connectivity index (χ2n) is 6.18. The van der Waals surface area contributed by atoms with Crippen LogP contribution in [-0.4, -0.2) is 39.9 Å². The van der Waals surface area contributed by atoms with Gasteiger partial charge in [0.15, 0.2) is 5.75 Å². The number of allylic oxidation sites excluding steroid dienone is 3. The number of likely N-dealkylation sites (N-methyl/N-ethyl adjacent to an activating group) is 1. The van der Waals surface area contributed by atoms with Crippen molar-refractivity contribution in [3.05, 3.63) is 46.7 Å². The molecule has 1 aliphatic heterocycles. The molecule has 3 atom stereocenters. The lowest BCUT2D eigenvalue weighted by molar-refractivity contribution is -0.113. The minimum Gasteiger partial charge on any atom is -0.616 e. The van der Waals surface area contributed by atoms with Gasteiger partial charge in [0.2, 0.25) is 5.78 Å². The molecule has 2 bridgehead atoms. The van der Waals surface area contributed by atoms with Crippen molar-refractivity contribution >= 4 is 17.0 Å². The molecule has 110 valence electrons. The molecule has 0 saturated carbocycles. The summed E-state index contributed by atoms with van der Waals surface area (Å²) in [6, 6.07) is 0. The Hall–Kier alpha value is -1.30. The molecule has 0 fully saturated rings. The fourth-order valence-corrected chi connectivity index (χ4v) is 4.63. The largest absolute Gasteiger partial charge is 0.616 e. The first-order valence-corrected chi connectivity index (χ1v) is 8.96. The molecule has 0 aromatic rings. The zero-order chi connectivity index (χ0) is 14.8. The molecule has 3 unspecified atom stereocenters. The third-order valence-electron chi connectivity index (χ3n) is 4.85. The normalized spacial score (nSPS) is 33.9. The van der Waals surface area contributed by atoms with Crippen LogP contribution in [0.5, 0.6) is 0 Å². The van der Waals surface area contributed by atoms with Crippen molar-refractivity contribution in [2.75, 3.05) is 19.1 Å². The van der Waals surface area contributed by atoms with E-state index in [2.05, 4.69) is 29.7 Å². The van der Waals surface area contributed by atoms with E-state index in [4.69, 9.17) is 0 Å². The zero-order valence-electron chi connectivity index (χ0n) is 12.2. The smallest absolute Gasteiger partial charge is 0.213 e. The van der Waals surface area contributed by atoms with Crippen LogP contribution in [0.1, 0.15) is 12.8 Å². The molecular formula is C16H18N2O2S. The van der Waals surface area contributed by atoms with Crippen LogP contribution in [-0.2, 0) is 16.0 Å². The first-order valence-electron chi connectivity index (χ1n) is 7.24. The van der Waals surface area contributed by atoms with Gasteiger partial charge < -0.3 is 9.56 Å². The van der Waals surface area contributed by atoms with Gasteiger partial charge in [-0.3, -0.25) is 4.79 Å². The lowest BCUT2D eigenvalue weighted by atomic mass is 9.78. The average molecular weight is 302 g/mol. The zero-order valence-corrected chi connectivity index (χ0v) is 13.0. The maximum absolute atomic E-state index is 12.4. The lowest BCUT2D eigenvalue weighted by Crippen LogP contribution is -2.52. The fraction of sp³-hybridized carbons (Fsp3) is 0.438. The van der Waals surface area contributed by atoms with Crippen molar-refractivity contribution in [3.8, 4) is 0 Å². The Balaban J connectivity index is 1.79. The minimum absolute atomic E-state index is 0.0123. The van der Waals surface area contributed by atoms with E-state index in [9.17, 15) is 9.35 Å². The van der Waals surface area contributed by atoms with Crippen molar-refractivity contribution in [1.29, 1.82) is 0 Å². The number of hydrogen-bond donors (Lipinski definition) is 1. The first-order chi connectivity index (χ1) is 10.0. The van der Waals surface area contributed by atoms with E-state index in [1.165, 1.54) is 11.1 Å². The highest BCUT2D eigenvalue weighted by molar-refractivity contribution is 7.91. The predicted molar refractivity (Wildman–Crippen MR) is 82.6 cm³/mol. The van der Waals surface area contributed by atoms with Crippen LogP contribution in [0.25, 0.3) is 0 Å². The third-order valence-corrected chi connectivity index (χ3v) is 5.51. The summed E-state index contributed by atoms with van der Waals surface area (Å²) >= 11 is -1.10. The van der Waals surface area contributed by atoms with E-state index >= 15 is 0 Å². The monoisotopic (exact) mass is 302 g/mol. The van der Waals surface area contributed by atoms with E-state index in [1.54, 1.807) is 6.26 Å². The Morgan fingerprint density at radius 2 is 2.43 bits per heavy atom. The van der Waals surface area contributed by atoms with Crippen molar-refractivity contribution < 1.29 is 9.35 Å². The van der Waals surface area contributed by atoms with Crippen molar-refractivity contribution in [2.24, 2.45) is 5.92 Å². The number of Topliss-reactive ketones (excluding diaryl/α,β-unsaturated/α-hetero) is 1. The molecule has 4 rings (SSSR count). The predicted octanol–water partition coefficient (Wildman–Crippen LogP) is 1.22. The van der Waals surface area contributed by atoms with Gasteiger partial charge in [-0.2, -0.15) is 0 Å². The van der Waals surface area contributed by atoms with Crippen LogP contribution in [0.2, 0.25) is 0 Å². The maximum Gasteiger partial charge on any atom is 0.213 e. The number of hydrazine groups is 1. The Kier molecular flexibility index (Phi) is 2.77. The summed E-state index contributed by atoms with van der Waals surface area (Å²) < 4.78 is 11.4. The van der Waals surface area contributed by atoms with E-state index in [-0.39, 0.29) is 17.1 Å². The van der Waals surface area contributed by atoms with Gasteiger partial charge in [0.1, 0.15) is 0 Å². The Morgan fingerprint density at radius 3 is 3.19 bits per heavy atom. The number of rotatable bonds is 3. The van der Waals surface area contributed by atoms with Gasteiger partial charge in [0, 0.05) is 24.1 Å². The highest BCUT2D eigenvalue weighted by Crippen LogP contribution is 2.55. The number of carbonyl (C=O) groups excluding carboxylic acids is 1. The van der Waals surface area contributed by atoms with E-state index in [1.807, 2.05) is 12.1 Å². The summed E-state index contributed by atoms with van der Waals surface area (Å²) in [7, 11) is 1.96. The van der Waals surface area contributed by atoms with Gasteiger partial charge in [0.05, 0.1) is 17.5 Å². The van der Waals surface area contributed by atoms with Gasteiger partial charge >= 0.3 is 0 Å². The molecule has 0 aromatic carbocycles. The van der Waals surface area contributed by atoms with Gasteiger partial charge in [0.25, 0.3) is 0 Å². The molecule has 21 heavy (non-hydrogen) atoms. The Bertz CT molecular complexity index is 659. The summed E-state index contributed by atoms with van der Waals surface area (Å²) in [6.07, 6.45) is 12.5. The van der Waals surface area contributed by atoms with Crippen LogP contribution >= 0.6 is 0 Å². The Labute approximate surface area is 127 Å². The maximum atomic E-state index is 12.4. The SMILES string of the molecule is CN1NC23C=C(C(=O)C[S+](C)[O-])C1=C2C=C1C=CCCC13. The number of ketones is 1. The quantitative estimate of drug-likeness (QED) is 0.797. The van der Waals surface area contributed by atoms with Crippen molar-refractivity contribution in [3.63, 3.8) is 0 Å². The standard InChI is InChI=1S/C16H18N2O2S/c1-18-15-11(14(19)9-21(2)20)8-16(17-18)12-6-4-3-5-10(12)7-13(15)16/h3,5,7-8,12,17H,4,6,9H2,1-2H3. The van der Waals surface area contributed by atoms with Crippen LogP contribution in [0.4, 0.5) is 0 Å². The molecule has 0 saturated heterocycles. The highest BCUT2D eigenvalue weighted by atomic mass is 32.2. The van der Waals surface area contributed by atoms with Gasteiger partial charge in [-0.25, -0.2) is 5.43 Å². The summed E-state index contributed by atoms with van der Waals surface area (Å²) in [5, 5.41) is 1.97. The van der Waals surface area contributed by atoms with E-state index in [0.29, 0.717) is 5.92 Å². The molecule has 3 aliphatic carbocycles. The molecular weight excluding hydrogens is 284 g/mol. The second-order valence-corrected chi connectivity index (χ2v) is 7.61. The van der Waals surface area contributed by atoms with Crippen LogP contribution in [0.15, 0.2) is 46.7 Å². The molecule has 0 aromatic heterocycles.